The Morgan fingerprint density at radius 3 is 2.84 bits per heavy atom. The molecule has 25 heavy (non-hydrogen) atoms. The SMILES string of the molecule is O=C(O)CCC1CCCN(Cc2nc(-c3c(F)cccc3F)cs2)C1. The molecule has 0 saturated carbocycles. The van der Waals surface area contributed by atoms with E-state index in [1.807, 2.05) is 0 Å². The van der Waals surface area contributed by atoms with Crippen molar-refractivity contribution in [2.24, 2.45) is 5.92 Å². The molecule has 1 fully saturated rings. The molecule has 2 heterocycles. The van der Waals surface area contributed by atoms with Gasteiger partial charge in [0.05, 0.1) is 17.8 Å². The lowest BCUT2D eigenvalue weighted by Crippen LogP contribution is -2.35. The maximum absolute atomic E-state index is 13.9. The Balaban J connectivity index is 1.64. The van der Waals surface area contributed by atoms with E-state index in [9.17, 15) is 13.6 Å². The molecule has 1 N–H and O–H groups in total. The van der Waals surface area contributed by atoms with Crippen LogP contribution >= 0.6 is 11.3 Å². The van der Waals surface area contributed by atoms with Gasteiger partial charge in [0.1, 0.15) is 16.6 Å². The Hall–Kier alpha value is -1.86. The van der Waals surface area contributed by atoms with Crippen LogP contribution in [-0.4, -0.2) is 34.0 Å². The number of hydrogen-bond donors (Lipinski definition) is 1. The number of hydrogen-bond acceptors (Lipinski definition) is 4. The minimum atomic E-state index is -0.756. The van der Waals surface area contributed by atoms with Gasteiger partial charge < -0.3 is 5.11 Å². The van der Waals surface area contributed by atoms with E-state index in [-0.39, 0.29) is 12.0 Å². The van der Waals surface area contributed by atoms with Gasteiger partial charge in [-0.05, 0) is 43.9 Å². The maximum Gasteiger partial charge on any atom is 0.303 e. The lowest BCUT2D eigenvalue weighted by Gasteiger charge is -2.31. The predicted molar refractivity (Wildman–Crippen MR) is 92.3 cm³/mol. The molecule has 1 aromatic carbocycles. The lowest BCUT2D eigenvalue weighted by molar-refractivity contribution is -0.137. The van der Waals surface area contributed by atoms with Crippen molar-refractivity contribution < 1.29 is 18.7 Å². The average molecular weight is 366 g/mol. The first-order valence-corrected chi connectivity index (χ1v) is 9.24. The average Bonchev–Trinajstić information content (AvgIpc) is 3.01. The van der Waals surface area contributed by atoms with Crippen LogP contribution in [0.4, 0.5) is 8.78 Å². The van der Waals surface area contributed by atoms with E-state index in [1.54, 1.807) is 5.38 Å². The Kier molecular flexibility index (Phi) is 5.75. The number of rotatable bonds is 6. The van der Waals surface area contributed by atoms with Crippen LogP contribution in [0.2, 0.25) is 0 Å². The van der Waals surface area contributed by atoms with E-state index < -0.39 is 17.6 Å². The van der Waals surface area contributed by atoms with Gasteiger partial charge in [-0.3, -0.25) is 9.69 Å². The van der Waals surface area contributed by atoms with Crippen LogP contribution in [-0.2, 0) is 11.3 Å². The minimum absolute atomic E-state index is 0.0806. The summed E-state index contributed by atoms with van der Waals surface area (Å²) in [6.45, 7) is 2.41. The van der Waals surface area contributed by atoms with Crippen molar-refractivity contribution in [3.05, 3.63) is 40.2 Å². The summed E-state index contributed by atoms with van der Waals surface area (Å²) in [5.41, 5.74) is 0.248. The maximum atomic E-state index is 13.9. The Morgan fingerprint density at radius 1 is 1.36 bits per heavy atom. The molecule has 7 heteroatoms. The van der Waals surface area contributed by atoms with Gasteiger partial charge in [0.2, 0.25) is 0 Å². The number of halogens is 2. The predicted octanol–water partition coefficient (Wildman–Crippen LogP) is 4.17. The third-order valence-electron chi connectivity index (χ3n) is 4.50. The van der Waals surface area contributed by atoms with Crippen molar-refractivity contribution in [2.45, 2.75) is 32.2 Å². The second-order valence-corrected chi connectivity index (χ2v) is 7.34. The highest BCUT2D eigenvalue weighted by Gasteiger charge is 2.22. The lowest BCUT2D eigenvalue weighted by atomic mass is 9.93. The number of thiazole rings is 1. The Labute approximate surface area is 149 Å². The van der Waals surface area contributed by atoms with Crippen LogP contribution in [0.1, 0.15) is 30.7 Å². The first-order valence-electron chi connectivity index (χ1n) is 8.36. The van der Waals surface area contributed by atoms with E-state index in [0.29, 0.717) is 24.6 Å². The standard InChI is InChI=1S/C18H20F2N2O2S/c19-13-4-1-5-14(20)18(13)15-11-25-16(21-15)10-22-8-2-3-12(9-22)6-7-17(23)24/h1,4-5,11-12H,2-3,6-10H2,(H,23,24). The van der Waals surface area contributed by atoms with Gasteiger partial charge in [-0.2, -0.15) is 0 Å². The van der Waals surface area contributed by atoms with Gasteiger partial charge in [-0.1, -0.05) is 6.07 Å². The first-order chi connectivity index (χ1) is 12.0. The Morgan fingerprint density at radius 2 is 2.12 bits per heavy atom. The number of benzene rings is 1. The molecule has 0 spiro atoms. The van der Waals surface area contributed by atoms with Gasteiger partial charge >= 0.3 is 5.97 Å². The van der Waals surface area contributed by atoms with Crippen molar-refractivity contribution >= 4 is 17.3 Å². The summed E-state index contributed by atoms with van der Waals surface area (Å²) in [7, 11) is 0. The zero-order valence-corrected chi connectivity index (χ0v) is 14.6. The summed E-state index contributed by atoms with van der Waals surface area (Å²) in [6, 6.07) is 3.80. The molecular formula is C18H20F2N2O2S. The van der Waals surface area contributed by atoms with Crippen LogP contribution in [0.5, 0.6) is 0 Å². The highest BCUT2D eigenvalue weighted by molar-refractivity contribution is 7.09. The van der Waals surface area contributed by atoms with Crippen molar-refractivity contribution in [3.63, 3.8) is 0 Å². The second kappa shape index (κ2) is 8.01. The molecule has 0 amide bonds. The summed E-state index contributed by atoms with van der Waals surface area (Å²) in [5, 5.41) is 11.3. The van der Waals surface area contributed by atoms with Crippen LogP contribution in [0.25, 0.3) is 11.3 Å². The molecule has 1 aliphatic rings. The molecule has 4 nitrogen and oxygen atoms in total. The molecule has 1 atom stereocenters. The molecular weight excluding hydrogens is 346 g/mol. The minimum Gasteiger partial charge on any atom is -0.481 e. The molecule has 0 radical (unpaired) electrons. The number of carboxylic acids is 1. The molecule has 2 aromatic rings. The summed E-state index contributed by atoms with van der Waals surface area (Å²) in [4.78, 5) is 17.4. The van der Waals surface area contributed by atoms with E-state index in [0.717, 1.165) is 30.9 Å². The van der Waals surface area contributed by atoms with Crippen molar-refractivity contribution in [1.82, 2.24) is 9.88 Å². The largest absolute Gasteiger partial charge is 0.481 e. The number of carbonyl (C=O) groups is 1. The molecule has 1 aromatic heterocycles. The molecule has 0 bridgehead atoms. The second-order valence-electron chi connectivity index (χ2n) is 6.40. The number of piperidine rings is 1. The zero-order valence-electron chi connectivity index (χ0n) is 13.8. The fourth-order valence-electron chi connectivity index (χ4n) is 3.29. The third kappa shape index (κ3) is 4.61. The first kappa shape index (κ1) is 17.9. The zero-order chi connectivity index (χ0) is 17.8. The number of carboxylic acid groups (broad SMARTS) is 1. The van der Waals surface area contributed by atoms with Gasteiger partial charge in [0.15, 0.2) is 0 Å². The summed E-state index contributed by atoms with van der Waals surface area (Å²) in [6.07, 6.45) is 2.97. The highest BCUT2D eigenvalue weighted by atomic mass is 32.1. The quantitative estimate of drug-likeness (QED) is 0.834. The van der Waals surface area contributed by atoms with E-state index in [1.165, 1.54) is 29.5 Å². The molecule has 1 aliphatic heterocycles. The molecule has 3 rings (SSSR count). The number of aromatic nitrogens is 1. The van der Waals surface area contributed by atoms with Gasteiger partial charge in [0, 0.05) is 18.3 Å². The van der Waals surface area contributed by atoms with Gasteiger partial charge in [0.25, 0.3) is 0 Å². The molecule has 1 saturated heterocycles. The normalized spacial score (nSPS) is 18.4. The summed E-state index contributed by atoms with van der Waals surface area (Å²) < 4.78 is 27.7. The fourth-order valence-corrected chi connectivity index (χ4v) is 4.12. The molecule has 134 valence electrons. The molecule has 1 unspecified atom stereocenters. The van der Waals surface area contributed by atoms with E-state index in [2.05, 4.69) is 9.88 Å². The Bertz CT molecular complexity index is 730. The van der Waals surface area contributed by atoms with E-state index in [4.69, 9.17) is 5.11 Å². The number of aliphatic carboxylic acids is 1. The van der Waals surface area contributed by atoms with E-state index >= 15 is 0 Å². The number of likely N-dealkylation sites (tertiary alicyclic amines) is 1. The third-order valence-corrected chi connectivity index (χ3v) is 5.33. The smallest absolute Gasteiger partial charge is 0.303 e. The van der Waals surface area contributed by atoms with Crippen LogP contribution in [0.3, 0.4) is 0 Å². The van der Waals surface area contributed by atoms with Crippen LogP contribution in [0.15, 0.2) is 23.6 Å². The van der Waals surface area contributed by atoms with Crippen molar-refractivity contribution in [2.75, 3.05) is 13.1 Å². The van der Waals surface area contributed by atoms with Crippen LogP contribution < -0.4 is 0 Å². The van der Waals surface area contributed by atoms with Crippen LogP contribution in [0, 0.1) is 17.6 Å². The monoisotopic (exact) mass is 366 g/mol. The van der Waals surface area contributed by atoms with Crippen molar-refractivity contribution in [1.29, 1.82) is 0 Å². The van der Waals surface area contributed by atoms with Gasteiger partial charge in [-0.15, -0.1) is 11.3 Å². The van der Waals surface area contributed by atoms with Gasteiger partial charge in [-0.25, -0.2) is 13.8 Å². The highest BCUT2D eigenvalue weighted by Crippen LogP contribution is 2.29. The summed E-state index contributed by atoms with van der Waals surface area (Å²) >= 11 is 1.39. The topological polar surface area (TPSA) is 53.4 Å². The summed E-state index contributed by atoms with van der Waals surface area (Å²) in [5.74, 6) is -1.59. The molecule has 0 aliphatic carbocycles. The van der Waals surface area contributed by atoms with Crippen molar-refractivity contribution in [3.8, 4) is 11.3 Å². The fraction of sp³-hybridized carbons (Fsp3) is 0.444. The number of nitrogens with zero attached hydrogens (tertiary/aromatic N) is 2.